The standard InChI is InChI=1S/C12H8BF3O2/c14-10-6-5-9(11(15)12(10)16)7-1-3-8(4-2-7)13(17)18/h1-6,17-18H. The first kappa shape index (κ1) is 12.7. The van der Waals surface area contributed by atoms with Gasteiger partial charge in [-0.05, 0) is 23.2 Å². The molecule has 0 saturated heterocycles. The van der Waals surface area contributed by atoms with E-state index < -0.39 is 24.6 Å². The van der Waals surface area contributed by atoms with Gasteiger partial charge >= 0.3 is 7.12 Å². The van der Waals surface area contributed by atoms with Crippen molar-refractivity contribution in [1.29, 1.82) is 0 Å². The zero-order valence-corrected chi connectivity index (χ0v) is 9.07. The van der Waals surface area contributed by atoms with Crippen LogP contribution in [-0.2, 0) is 0 Å². The van der Waals surface area contributed by atoms with Gasteiger partial charge < -0.3 is 10.0 Å². The average Bonchev–Trinajstić information content (AvgIpc) is 2.36. The van der Waals surface area contributed by atoms with E-state index in [-0.39, 0.29) is 11.0 Å². The van der Waals surface area contributed by atoms with Gasteiger partial charge in [0, 0.05) is 5.56 Å². The van der Waals surface area contributed by atoms with Crippen molar-refractivity contribution >= 4 is 12.6 Å². The number of halogens is 3. The molecule has 0 aromatic heterocycles. The summed E-state index contributed by atoms with van der Waals surface area (Å²) in [5.74, 6) is -4.05. The molecule has 0 aliphatic heterocycles. The molecule has 2 nitrogen and oxygen atoms in total. The van der Waals surface area contributed by atoms with Crippen LogP contribution in [0.2, 0.25) is 0 Å². The fourth-order valence-electron chi connectivity index (χ4n) is 1.58. The molecule has 0 unspecified atom stereocenters. The summed E-state index contributed by atoms with van der Waals surface area (Å²) in [6, 6.07) is 7.47. The minimum Gasteiger partial charge on any atom is -0.423 e. The van der Waals surface area contributed by atoms with Crippen molar-refractivity contribution in [2.24, 2.45) is 0 Å². The number of hydrogen-bond donors (Lipinski definition) is 2. The third-order valence-electron chi connectivity index (χ3n) is 2.56. The molecular weight excluding hydrogens is 244 g/mol. The van der Waals surface area contributed by atoms with E-state index >= 15 is 0 Å². The highest BCUT2D eigenvalue weighted by atomic mass is 19.2. The van der Waals surface area contributed by atoms with Gasteiger partial charge in [-0.1, -0.05) is 24.3 Å². The van der Waals surface area contributed by atoms with Crippen LogP contribution in [0, 0.1) is 17.5 Å². The molecule has 18 heavy (non-hydrogen) atoms. The molecule has 0 amide bonds. The van der Waals surface area contributed by atoms with Crippen molar-refractivity contribution < 1.29 is 23.2 Å². The summed E-state index contributed by atoms with van der Waals surface area (Å²) in [4.78, 5) is 0. The highest BCUT2D eigenvalue weighted by molar-refractivity contribution is 6.58. The molecule has 0 saturated carbocycles. The lowest BCUT2D eigenvalue weighted by atomic mass is 9.80. The van der Waals surface area contributed by atoms with E-state index in [1.807, 2.05) is 0 Å². The molecule has 2 aromatic rings. The van der Waals surface area contributed by atoms with Gasteiger partial charge in [0.05, 0.1) is 0 Å². The Morgan fingerprint density at radius 3 is 1.94 bits per heavy atom. The van der Waals surface area contributed by atoms with Gasteiger partial charge in [-0.2, -0.15) is 0 Å². The first-order valence-electron chi connectivity index (χ1n) is 5.10. The van der Waals surface area contributed by atoms with Crippen LogP contribution in [0.4, 0.5) is 13.2 Å². The lowest BCUT2D eigenvalue weighted by molar-refractivity contribution is 0.426. The Kier molecular flexibility index (Phi) is 3.40. The van der Waals surface area contributed by atoms with Gasteiger partial charge in [0.15, 0.2) is 17.5 Å². The summed E-state index contributed by atoms with van der Waals surface area (Å²) in [5, 5.41) is 17.8. The van der Waals surface area contributed by atoms with Crippen molar-refractivity contribution in [1.82, 2.24) is 0 Å². The topological polar surface area (TPSA) is 40.5 Å². The van der Waals surface area contributed by atoms with Gasteiger partial charge in [-0.25, -0.2) is 13.2 Å². The third-order valence-corrected chi connectivity index (χ3v) is 2.56. The van der Waals surface area contributed by atoms with E-state index in [0.29, 0.717) is 5.56 Å². The van der Waals surface area contributed by atoms with E-state index in [0.717, 1.165) is 12.1 Å². The molecular formula is C12H8BF3O2. The summed E-state index contributed by atoms with van der Waals surface area (Å²) < 4.78 is 39.3. The minimum atomic E-state index is -1.63. The molecule has 0 aliphatic carbocycles. The Balaban J connectivity index is 2.46. The van der Waals surface area contributed by atoms with Crippen LogP contribution in [-0.4, -0.2) is 17.2 Å². The summed E-state index contributed by atoms with van der Waals surface area (Å²) in [6.07, 6.45) is 0. The molecule has 0 fully saturated rings. The first-order chi connectivity index (χ1) is 8.50. The van der Waals surface area contributed by atoms with Gasteiger partial charge in [0.25, 0.3) is 0 Å². The van der Waals surface area contributed by atoms with Crippen molar-refractivity contribution in [3.05, 3.63) is 53.8 Å². The Hall–Kier alpha value is -1.79. The quantitative estimate of drug-likeness (QED) is 0.627. The molecule has 0 heterocycles. The lowest BCUT2D eigenvalue weighted by Crippen LogP contribution is -2.29. The summed E-state index contributed by atoms with van der Waals surface area (Å²) in [5.41, 5.74) is 0.449. The van der Waals surface area contributed by atoms with Crippen molar-refractivity contribution in [3.63, 3.8) is 0 Å². The molecule has 2 rings (SSSR count). The van der Waals surface area contributed by atoms with Crippen LogP contribution < -0.4 is 5.46 Å². The SMILES string of the molecule is OB(O)c1ccc(-c2ccc(F)c(F)c2F)cc1. The van der Waals surface area contributed by atoms with Gasteiger partial charge in [0.1, 0.15) is 0 Å². The maximum absolute atomic E-state index is 13.5. The van der Waals surface area contributed by atoms with E-state index in [1.54, 1.807) is 0 Å². The van der Waals surface area contributed by atoms with Crippen LogP contribution in [0.5, 0.6) is 0 Å². The predicted molar refractivity (Wildman–Crippen MR) is 61.6 cm³/mol. The smallest absolute Gasteiger partial charge is 0.423 e. The largest absolute Gasteiger partial charge is 0.488 e. The summed E-state index contributed by atoms with van der Waals surface area (Å²) in [7, 11) is -1.63. The zero-order valence-electron chi connectivity index (χ0n) is 9.07. The molecule has 92 valence electrons. The second kappa shape index (κ2) is 4.84. The molecule has 0 spiro atoms. The second-order valence-electron chi connectivity index (χ2n) is 3.72. The van der Waals surface area contributed by atoms with E-state index in [2.05, 4.69) is 0 Å². The van der Waals surface area contributed by atoms with Crippen LogP contribution >= 0.6 is 0 Å². The second-order valence-corrected chi connectivity index (χ2v) is 3.72. The van der Waals surface area contributed by atoms with Crippen LogP contribution in [0.15, 0.2) is 36.4 Å². The lowest BCUT2D eigenvalue weighted by Gasteiger charge is -2.06. The Labute approximate surface area is 101 Å². The molecule has 2 aromatic carbocycles. The number of hydrogen-bond acceptors (Lipinski definition) is 2. The highest BCUT2D eigenvalue weighted by Crippen LogP contribution is 2.25. The third kappa shape index (κ3) is 2.25. The maximum atomic E-state index is 13.5. The molecule has 0 atom stereocenters. The zero-order chi connectivity index (χ0) is 13.3. The van der Waals surface area contributed by atoms with E-state index in [9.17, 15) is 13.2 Å². The van der Waals surface area contributed by atoms with Gasteiger partial charge in [-0.15, -0.1) is 0 Å². The molecule has 2 N–H and O–H groups in total. The number of benzene rings is 2. The molecule has 0 bridgehead atoms. The number of rotatable bonds is 2. The van der Waals surface area contributed by atoms with Gasteiger partial charge in [0.2, 0.25) is 0 Å². The van der Waals surface area contributed by atoms with Crippen molar-refractivity contribution in [2.75, 3.05) is 0 Å². The molecule has 6 heteroatoms. The maximum Gasteiger partial charge on any atom is 0.488 e. The predicted octanol–water partition coefficient (Wildman–Crippen LogP) is 1.45. The Bertz CT molecular complexity index is 570. The highest BCUT2D eigenvalue weighted by Gasteiger charge is 2.15. The Morgan fingerprint density at radius 2 is 1.39 bits per heavy atom. The van der Waals surface area contributed by atoms with Crippen LogP contribution in [0.25, 0.3) is 11.1 Å². The summed E-state index contributed by atoms with van der Waals surface area (Å²) in [6.45, 7) is 0. The fraction of sp³-hybridized carbons (Fsp3) is 0. The van der Waals surface area contributed by atoms with Crippen LogP contribution in [0.3, 0.4) is 0 Å². The minimum absolute atomic E-state index is 0.0899. The fourth-order valence-corrected chi connectivity index (χ4v) is 1.58. The Morgan fingerprint density at radius 1 is 0.778 bits per heavy atom. The van der Waals surface area contributed by atoms with Crippen molar-refractivity contribution in [3.8, 4) is 11.1 Å². The summed E-state index contributed by atoms with van der Waals surface area (Å²) >= 11 is 0. The monoisotopic (exact) mass is 252 g/mol. The van der Waals surface area contributed by atoms with Crippen molar-refractivity contribution in [2.45, 2.75) is 0 Å². The van der Waals surface area contributed by atoms with Crippen LogP contribution in [0.1, 0.15) is 0 Å². The molecule has 0 radical (unpaired) electrons. The first-order valence-corrected chi connectivity index (χ1v) is 5.10. The normalized spacial score (nSPS) is 10.5. The van der Waals surface area contributed by atoms with E-state index in [4.69, 9.17) is 10.0 Å². The van der Waals surface area contributed by atoms with E-state index in [1.165, 1.54) is 24.3 Å². The average molecular weight is 252 g/mol. The van der Waals surface area contributed by atoms with Gasteiger partial charge in [-0.3, -0.25) is 0 Å². The molecule has 0 aliphatic rings.